The normalized spacial score (nSPS) is 13.5. The van der Waals surface area contributed by atoms with Crippen molar-refractivity contribution in [1.82, 2.24) is 10.7 Å². The molecule has 1 rings (SSSR count). The van der Waals surface area contributed by atoms with Crippen LogP contribution in [0.4, 0.5) is 4.79 Å². The number of aliphatic hydroxyl groups is 2. The van der Waals surface area contributed by atoms with E-state index >= 15 is 0 Å². The lowest BCUT2D eigenvalue weighted by Crippen LogP contribution is -2.35. The predicted molar refractivity (Wildman–Crippen MR) is 94.1 cm³/mol. The zero-order chi connectivity index (χ0) is 19.7. The fourth-order valence-electron chi connectivity index (χ4n) is 2.04. The third-order valence-electron chi connectivity index (χ3n) is 3.23. The number of alkyl carbamates (subject to hydrolysis) is 1. The quantitative estimate of drug-likeness (QED) is 0.253. The molecule has 0 aromatic heterocycles. The van der Waals surface area contributed by atoms with Crippen molar-refractivity contribution in [2.45, 2.75) is 45.0 Å². The second-order valence-corrected chi connectivity index (χ2v) is 6.62. The van der Waals surface area contributed by atoms with E-state index in [0.717, 1.165) is 0 Å². The van der Waals surface area contributed by atoms with Crippen molar-refractivity contribution in [3.63, 3.8) is 0 Å². The second kappa shape index (κ2) is 9.95. The molecule has 0 aliphatic heterocycles. The summed E-state index contributed by atoms with van der Waals surface area (Å²) in [5, 5.41) is 23.0. The monoisotopic (exact) mass is 369 g/mol. The Morgan fingerprint density at radius 2 is 1.88 bits per heavy atom. The Balaban J connectivity index is 2.58. The first kappa shape index (κ1) is 21.7. The van der Waals surface area contributed by atoms with E-state index in [1.165, 1.54) is 0 Å². The number of nitrogens with two attached hydrogens (primary N) is 1. The number of hydrogen-bond donors (Lipinski definition) is 5. The van der Waals surface area contributed by atoms with Crippen molar-refractivity contribution in [3.8, 4) is 5.75 Å². The van der Waals surface area contributed by atoms with E-state index in [1.807, 2.05) is 5.43 Å². The van der Waals surface area contributed by atoms with Crippen molar-refractivity contribution >= 4 is 12.0 Å². The number of amides is 2. The van der Waals surface area contributed by atoms with Gasteiger partial charge in [0.25, 0.3) is 5.91 Å². The van der Waals surface area contributed by atoms with Crippen LogP contribution >= 0.6 is 0 Å². The molecule has 1 aromatic rings. The van der Waals surface area contributed by atoms with E-state index in [4.69, 9.17) is 15.3 Å². The Bertz CT molecular complexity index is 602. The van der Waals surface area contributed by atoms with Gasteiger partial charge in [0, 0.05) is 12.1 Å². The van der Waals surface area contributed by atoms with Gasteiger partial charge in [-0.05, 0) is 33.3 Å². The van der Waals surface area contributed by atoms with E-state index in [2.05, 4.69) is 5.32 Å². The van der Waals surface area contributed by atoms with Crippen molar-refractivity contribution < 1.29 is 29.3 Å². The van der Waals surface area contributed by atoms with Gasteiger partial charge in [-0.3, -0.25) is 10.2 Å². The Morgan fingerprint density at radius 3 is 2.50 bits per heavy atom. The van der Waals surface area contributed by atoms with Gasteiger partial charge >= 0.3 is 6.09 Å². The summed E-state index contributed by atoms with van der Waals surface area (Å²) >= 11 is 0. The number of para-hydroxylation sites is 1. The summed E-state index contributed by atoms with van der Waals surface area (Å²) in [5.74, 6) is 4.71. The zero-order valence-corrected chi connectivity index (χ0v) is 15.2. The molecule has 0 fully saturated rings. The predicted octanol–water partition coefficient (Wildman–Crippen LogP) is 0.364. The van der Waals surface area contributed by atoms with Crippen LogP contribution in [-0.4, -0.2) is 47.1 Å². The molecule has 0 aliphatic carbocycles. The highest BCUT2D eigenvalue weighted by molar-refractivity contribution is 5.76. The fraction of sp³-hybridized carbons (Fsp3) is 0.529. The van der Waals surface area contributed by atoms with Crippen LogP contribution in [-0.2, 0) is 9.53 Å². The third-order valence-corrected chi connectivity index (χ3v) is 3.23. The summed E-state index contributed by atoms with van der Waals surface area (Å²) in [6, 6.07) is 6.47. The van der Waals surface area contributed by atoms with Gasteiger partial charge in [0.2, 0.25) is 0 Å². The van der Waals surface area contributed by atoms with Gasteiger partial charge in [0.15, 0.2) is 6.61 Å². The van der Waals surface area contributed by atoms with E-state index in [0.29, 0.717) is 5.56 Å². The van der Waals surface area contributed by atoms with Gasteiger partial charge in [-0.2, -0.15) is 0 Å². The number of hydrazine groups is 1. The van der Waals surface area contributed by atoms with E-state index in [-0.39, 0.29) is 25.3 Å². The average Bonchev–Trinajstić information content (AvgIpc) is 2.57. The zero-order valence-electron chi connectivity index (χ0n) is 15.2. The minimum atomic E-state index is -1.26. The molecular formula is C17H27N3O6. The van der Waals surface area contributed by atoms with Gasteiger partial charge < -0.3 is 25.0 Å². The Hall–Kier alpha value is -2.36. The number of aliphatic hydroxyl groups excluding tert-OH is 2. The summed E-state index contributed by atoms with van der Waals surface area (Å²) in [6.07, 6.45) is -2.92. The van der Waals surface area contributed by atoms with Crippen molar-refractivity contribution in [3.05, 3.63) is 29.8 Å². The molecule has 26 heavy (non-hydrogen) atoms. The molecule has 0 saturated heterocycles. The van der Waals surface area contributed by atoms with Crippen LogP contribution in [0.5, 0.6) is 5.75 Å². The lowest BCUT2D eigenvalue weighted by Gasteiger charge is -2.22. The molecule has 9 heteroatoms. The molecule has 1 aromatic carbocycles. The van der Waals surface area contributed by atoms with E-state index in [9.17, 15) is 19.8 Å². The van der Waals surface area contributed by atoms with Crippen molar-refractivity contribution in [1.29, 1.82) is 0 Å². The number of carbonyl (C=O) groups excluding carboxylic acids is 2. The summed E-state index contributed by atoms with van der Waals surface area (Å²) in [6.45, 7) is 5.02. The first-order valence-corrected chi connectivity index (χ1v) is 8.18. The third kappa shape index (κ3) is 7.68. The maximum atomic E-state index is 11.6. The van der Waals surface area contributed by atoms with Crippen LogP contribution in [0.15, 0.2) is 24.3 Å². The smallest absolute Gasteiger partial charge is 0.407 e. The highest BCUT2D eigenvalue weighted by Gasteiger charge is 2.22. The molecular weight excluding hydrogens is 342 g/mol. The molecule has 2 unspecified atom stereocenters. The lowest BCUT2D eigenvalue weighted by atomic mass is 10.0. The number of rotatable bonds is 8. The molecule has 9 nitrogen and oxygen atoms in total. The highest BCUT2D eigenvalue weighted by Crippen LogP contribution is 2.28. The molecule has 0 aliphatic rings. The van der Waals surface area contributed by atoms with Crippen LogP contribution in [0.1, 0.15) is 38.9 Å². The SMILES string of the molecule is CC(C)(C)OC(=O)NCCC(O)C(O)c1ccccc1OCC(=O)NN. The Morgan fingerprint density at radius 1 is 1.23 bits per heavy atom. The van der Waals surface area contributed by atoms with Gasteiger partial charge in [-0.25, -0.2) is 10.6 Å². The Kier molecular flexibility index (Phi) is 8.30. The molecule has 146 valence electrons. The molecule has 0 radical (unpaired) electrons. The first-order chi connectivity index (χ1) is 12.1. The number of carbonyl (C=O) groups is 2. The molecule has 2 atom stereocenters. The van der Waals surface area contributed by atoms with Gasteiger partial charge in [0.1, 0.15) is 17.5 Å². The maximum absolute atomic E-state index is 11.6. The van der Waals surface area contributed by atoms with Crippen LogP contribution in [0.3, 0.4) is 0 Å². The summed E-state index contributed by atoms with van der Waals surface area (Å²) in [4.78, 5) is 22.7. The van der Waals surface area contributed by atoms with Crippen LogP contribution in [0, 0.1) is 0 Å². The molecule has 0 bridgehead atoms. The van der Waals surface area contributed by atoms with Crippen LogP contribution < -0.4 is 21.3 Å². The van der Waals surface area contributed by atoms with Crippen LogP contribution in [0.25, 0.3) is 0 Å². The summed E-state index contributed by atoms with van der Waals surface area (Å²) in [7, 11) is 0. The molecule has 0 saturated carbocycles. The maximum Gasteiger partial charge on any atom is 0.407 e. The largest absolute Gasteiger partial charge is 0.483 e. The second-order valence-electron chi connectivity index (χ2n) is 6.62. The average molecular weight is 369 g/mol. The number of benzene rings is 1. The number of nitrogens with one attached hydrogen (secondary N) is 2. The fourth-order valence-corrected chi connectivity index (χ4v) is 2.04. The van der Waals surface area contributed by atoms with Gasteiger partial charge in [-0.1, -0.05) is 18.2 Å². The van der Waals surface area contributed by atoms with Crippen molar-refractivity contribution in [2.24, 2.45) is 5.84 Å². The Labute approximate surface area is 152 Å². The van der Waals surface area contributed by atoms with Gasteiger partial charge in [0.05, 0.1) is 6.10 Å². The molecule has 0 heterocycles. The van der Waals surface area contributed by atoms with E-state index < -0.39 is 29.8 Å². The minimum absolute atomic E-state index is 0.0953. The van der Waals surface area contributed by atoms with Crippen LogP contribution in [0.2, 0.25) is 0 Å². The van der Waals surface area contributed by atoms with Crippen molar-refractivity contribution in [2.75, 3.05) is 13.2 Å². The molecule has 6 N–H and O–H groups in total. The summed E-state index contributed by atoms with van der Waals surface area (Å²) < 4.78 is 10.4. The number of ether oxygens (including phenoxy) is 2. The van der Waals surface area contributed by atoms with E-state index in [1.54, 1.807) is 45.0 Å². The first-order valence-electron chi connectivity index (χ1n) is 8.18. The minimum Gasteiger partial charge on any atom is -0.483 e. The number of hydrogen-bond acceptors (Lipinski definition) is 7. The lowest BCUT2D eigenvalue weighted by molar-refractivity contribution is -0.123. The highest BCUT2D eigenvalue weighted by atomic mass is 16.6. The standard InChI is InChI=1S/C17H27N3O6/c1-17(2,3)26-16(24)19-9-8-12(21)15(23)11-6-4-5-7-13(11)25-10-14(22)20-18/h4-7,12,15,21,23H,8-10,18H2,1-3H3,(H,19,24)(H,20,22). The van der Waals surface area contributed by atoms with Gasteiger partial charge in [-0.15, -0.1) is 0 Å². The topological polar surface area (TPSA) is 143 Å². The summed E-state index contributed by atoms with van der Waals surface area (Å²) in [5.41, 5.74) is 1.64. The molecule has 0 spiro atoms. The molecule has 2 amide bonds.